The summed E-state index contributed by atoms with van der Waals surface area (Å²) in [4.78, 5) is 13.8. The molecule has 0 radical (unpaired) electrons. The van der Waals surface area contributed by atoms with Gasteiger partial charge in [0, 0.05) is 20.0 Å². The highest BCUT2D eigenvalue weighted by Crippen LogP contribution is 2.30. The fraction of sp³-hybridized carbons (Fsp3) is 0.800. The molecule has 0 aromatic heterocycles. The molecule has 3 nitrogen and oxygen atoms in total. The number of likely N-dealkylation sites (N-methyl/N-ethyl adjacent to an activating group) is 1. The van der Waals surface area contributed by atoms with Gasteiger partial charge in [0.05, 0.1) is 5.60 Å². The highest BCUT2D eigenvalue weighted by atomic mass is 16.3. The smallest absolute Gasteiger partial charge is 0.226 e. The van der Waals surface area contributed by atoms with E-state index in [0.29, 0.717) is 13.0 Å². The minimum absolute atomic E-state index is 0.156. The van der Waals surface area contributed by atoms with Gasteiger partial charge < -0.3 is 10.0 Å². The van der Waals surface area contributed by atoms with E-state index < -0.39 is 5.60 Å². The van der Waals surface area contributed by atoms with E-state index >= 15 is 0 Å². The lowest BCUT2D eigenvalue weighted by Crippen LogP contribution is -2.42. The van der Waals surface area contributed by atoms with Gasteiger partial charge in [0.15, 0.2) is 0 Å². The van der Waals surface area contributed by atoms with Crippen LogP contribution in [0.1, 0.15) is 57.8 Å². The number of rotatable bonds is 4. The van der Waals surface area contributed by atoms with Crippen LogP contribution < -0.4 is 0 Å². The Morgan fingerprint density at radius 3 is 2.67 bits per heavy atom. The Kier molecular flexibility index (Phi) is 4.44. The zero-order valence-electron chi connectivity index (χ0n) is 11.5. The molecule has 0 aromatic rings. The molecule has 0 heterocycles. The van der Waals surface area contributed by atoms with E-state index in [1.807, 2.05) is 7.05 Å². The highest BCUT2D eigenvalue weighted by molar-refractivity contribution is 5.78. The molecule has 0 aliphatic heterocycles. The first-order chi connectivity index (χ1) is 8.59. The summed E-state index contributed by atoms with van der Waals surface area (Å²) < 4.78 is 0. The molecule has 18 heavy (non-hydrogen) atoms. The number of aliphatic hydroxyl groups is 1. The van der Waals surface area contributed by atoms with E-state index in [1.165, 1.54) is 18.4 Å². The standard InChI is InChI=1S/C15H25NO2/c1-16(12-15(18)9-5-6-10-15)14(17)11-13-7-3-2-4-8-13/h7,18H,2-6,8-12H2,1H3. The third kappa shape index (κ3) is 3.58. The molecule has 1 fully saturated rings. The van der Waals surface area contributed by atoms with Crippen LogP contribution in [0.15, 0.2) is 11.6 Å². The van der Waals surface area contributed by atoms with Crippen molar-refractivity contribution in [2.45, 2.75) is 63.4 Å². The lowest BCUT2D eigenvalue weighted by molar-refractivity contribution is -0.132. The van der Waals surface area contributed by atoms with Crippen molar-refractivity contribution in [3.8, 4) is 0 Å². The summed E-state index contributed by atoms with van der Waals surface area (Å²) in [5, 5.41) is 10.3. The average molecular weight is 251 g/mol. The van der Waals surface area contributed by atoms with Crippen LogP contribution >= 0.6 is 0 Å². The van der Waals surface area contributed by atoms with Gasteiger partial charge in [0.25, 0.3) is 0 Å². The van der Waals surface area contributed by atoms with Crippen LogP contribution in [0.4, 0.5) is 0 Å². The number of allylic oxidation sites excluding steroid dienone is 1. The Morgan fingerprint density at radius 1 is 1.33 bits per heavy atom. The van der Waals surface area contributed by atoms with Gasteiger partial charge in [0.1, 0.15) is 0 Å². The van der Waals surface area contributed by atoms with Crippen molar-refractivity contribution in [3.63, 3.8) is 0 Å². The van der Waals surface area contributed by atoms with Crippen LogP contribution in [-0.4, -0.2) is 35.1 Å². The zero-order chi connectivity index (χ0) is 13.0. The van der Waals surface area contributed by atoms with Crippen molar-refractivity contribution in [2.24, 2.45) is 0 Å². The van der Waals surface area contributed by atoms with E-state index in [9.17, 15) is 9.90 Å². The SMILES string of the molecule is CN(CC1(O)CCCC1)C(=O)CC1=CCCCC1. The number of carbonyl (C=O) groups excluding carboxylic acids is 1. The topological polar surface area (TPSA) is 40.5 Å². The molecular weight excluding hydrogens is 226 g/mol. The molecule has 2 rings (SSSR count). The van der Waals surface area contributed by atoms with Crippen LogP contribution in [0, 0.1) is 0 Å². The maximum absolute atomic E-state index is 12.1. The first-order valence-electron chi connectivity index (χ1n) is 7.23. The van der Waals surface area contributed by atoms with Gasteiger partial charge in [-0.25, -0.2) is 0 Å². The number of nitrogens with zero attached hydrogens (tertiary/aromatic N) is 1. The summed E-state index contributed by atoms with van der Waals surface area (Å²) in [6.07, 6.45) is 11.3. The minimum atomic E-state index is -0.620. The molecule has 1 saturated carbocycles. The predicted molar refractivity (Wildman–Crippen MR) is 72.2 cm³/mol. The van der Waals surface area contributed by atoms with E-state index in [2.05, 4.69) is 6.08 Å². The molecule has 0 bridgehead atoms. The summed E-state index contributed by atoms with van der Waals surface area (Å²) in [5.74, 6) is 0.156. The summed E-state index contributed by atoms with van der Waals surface area (Å²) in [5.41, 5.74) is 0.669. The van der Waals surface area contributed by atoms with Crippen molar-refractivity contribution in [1.29, 1.82) is 0 Å². The van der Waals surface area contributed by atoms with Crippen LogP contribution in [-0.2, 0) is 4.79 Å². The van der Waals surface area contributed by atoms with Gasteiger partial charge >= 0.3 is 0 Å². The molecule has 0 aromatic carbocycles. The third-order valence-electron chi connectivity index (χ3n) is 4.25. The normalized spacial score (nSPS) is 22.7. The third-order valence-corrected chi connectivity index (χ3v) is 4.25. The Hall–Kier alpha value is -0.830. The summed E-state index contributed by atoms with van der Waals surface area (Å²) in [7, 11) is 1.82. The van der Waals surface area contributed by atoms with Gasteiger partial charge in [-0.05, 0) is 38.5 Å². The highest BCUT2D eigenvalue weighted by Gasteiger charge is 2.33. The van der Waals surface area contributed by atoms with E-state index in [1.54, 1.807) is 4.90 Å². The number of hydrogen-bond acceptors (Lipinski definition) is 2. The van der Waals surface area contributed by atoms with Gasteiger partial charge in [-0.3, -0.25) is 4.79 Å². The molecule has 0 unspecified atom stereocenters. The molecule has 0 atom stereocenters. The summed E-state index contributed by atoms with van der Waals surface area (Å²) in [6.45, 7) is 0.499. The fourth-order valence-corrected chi connectivity index (χ4v) is 3.12. The number of hydrogen-bond donors (Lipinski definition) is 1. The molecule has 1 amide bonds. The first-order valence-corrected chi connectivity index (χ1v) is 7.23. The van der Waals surface area contributed by atoms with Crippen LogP contribution in [0.3, 0.4) is 0 Å². The Balaban J connectivity index is 1.82. The van der Waals surface area contributed by atoms with Crippen molar-refractivity contribution in [1.82, 2.24) is 4.90 Å². The quantitative estimate of drug-likeness (QED) is 0.780. The van der Waals surface area contributed by atoms with Gasteiger partial charge in [-0.2, -0.15) is 0 Å². The zero-order valence-corrected chi connectivity index (χ0v) is 11.5. The second kappa shape index (κ2) is 5.87. The summed E-state index contributed by atoms with van der Waals surface area (Å²) >= 11 is 0. The lowest BCUT2D eigenvalue weighted by atomic mass is 9.96. The molecule has 102 valence electrons. The minimum Gasteiger partial charge on any atom is -0.388 e. The maximum atomic E-state index is 12.1. The van der Waals surface area contributed by atoms with Gasteiger partial charge in [-0.15, -0.1) is 0 Å². The molecule has 0 saturated heterocycles. The Morgan fingerprint density at radius 2 is 2.06 bits per heavy atom. The largest absolute Gasteiger partial charge is 0.388 e. The first kappa shape index (κ1) is 13.6. The molecule has 3 heteroatoms. The van der Waals surface area contributed by atoms with Crippen molar-refractivity contribution >= 4 is 5.91 Å². The maximum Gasteiger partial charge on any atom is 0.226 e. The lowest BCUT2D eigenvalue weighted by Gasteiger charge is -2.29. The van der Waals surface area contributed by atoms with Crippen LogP contribution in [0.25, 0.3) is 0 Å². The molecular formula is C15H25NO2. The summed E-state index contributed by atoms with van der Waals surface area (Å²) in [6, 6.07) is 0. The van der Waals surface area contributed by atoms with E-state index in [4.69, 9.17) is 0 Å². The molecule has 2 aliphatic carbocycles. The Bertz CT molecular complexity index is 329. The van der Waals surface area contributed by atoms with E-state index in [0.717, 1.165) is 38.5 Å². The monoisotopic (exact) mass is 251 g/mol. The van der Waals surface area contributed by atoms with Crippen LogP contribution in [0.2, 0.25) is 0 Å². The number of carbonyl (C=O) groups is 1. The second-order valence-corrected chi connectivity index (χ2v) is 5.97. The number of amides is 1. The average Bonchev–Trinajstić information content (AvgIpc) is 2.77. The van der Waals surface area contributed by atoms with Gasteiger partial charge in [-0.1, -0.05) is 24.5 Å². The Labute approximate surface area is 110 Å². The second-order valence-electron chi connectivity index (χ2n) is 5.97. The van der Waals surface area contributed by atoms with Crippen LogP contribution in [0.5, 0.6) is 0 Å². The molecule has 1 N–H and O–H groups in total. The predicted octanol–water partition coefficient (Wildman–Crippen LogP) is 2.64. The molecule has 0 spiro atoms. The van der Waals surface area contributed by atoms with Crippen molar-refractivity contribution < 1.29 is 9.90 Å². The fourth-order valence-electron chi connectivity index (χ4n) is 3.12. The van der Waals surface area contributed by atoms with Gasteiger partial charge in [0.2, 0.25) is 5.91 Å². The van der Waals surface area contributed by atoms with E-state index in [-0.39, 0.29) is 5.91 Å². The van der Waals surface area contributed by atoms with Crippen molar-refractivity contribution in [2.75, 3.05) is 13.6 Å². The van der Waals surface area contributed by atoms with Crippen molar-refractivity contribution in [3.05, 3.63) is 11.6 Å². The molecule has 2 aliphatic rings.